The lowest BCUT2D eigenvalue weighted by atomic mass is 9.81. The number of carbonyl (C=O) groups is 2. The molecule has 0 amide bonds. The van der Waals surface area contributed by atoms with Gasteiger partial charge in [-0.25, -0.2) is 9.59 Å². The van der Waals surface area contributed by atoms with Crippen LogP contribution in [0.2, 0.25) is 0 Å². The summed E-state index contributed by atoms with van der Waals surface area (Å²) in [6, 6.07) is 9.33. The number of rotatable bonds is 8. The van der Waals surface area contributed by atoms with E-state index in [2.05, 4.69) is 0 Å². The lowest BCUT2D eigenvalue weighted by molar-refractivity contribution is -0.144. The van der Waals surface area contributed by atoms with Crippen molar-refractivity contribution in [2.24, 2.45) is 5.41 Å². The molecule has 5 nitrogen and oxygen atoms in total. The molecule has 31 heavy (non-hydrogen) atoms. The Morgan fingerprint density at radius 3 is 1.94 bits per heavy atom. The van der Waals surface area contributed by atoms with Crippen molar-refractivity contribution < 1.29 is 32.2 Å². The molecule has 172 valence electrons. The van der Waals surface area contributed by atoms with Crippen LogP contribution in [0.4, 0.5) is 13.2 Å². The molecule has 1 rings (SSSR count). The number of likely N-dealkylation sites (N-methyl/N-ethyl adjacent to an activating group) is 1. The molecule has 0 unspecified atom stereocenters. The summed E-state index contributed by atoms with van der Waals surface area (Å²) in [6.07, 6.45) is -3.84. The average molecular weight is 441 g/mol. The van der Waals surface area contributed by atoms with Crippen LogP contribution in [-0.4, -0.2) is 50.8 Å². The van der Waals surface area contributed by atoms with Crippen LogP contribution >= 0.6 is 0 Å². The summed E-state index contributed by atoms with van der Waals surface area (Å²) >= 11 is 0. The Labute approximate surface area is 181 Å². The summed E-state index contributed by atoms with van der Waals surface area (Å²) in [6.45, 7) is 5.85. The minimum atomic E-state index is -4.30. The number of ether oxygens (including phenoxy) is 2. The lowest BCUT2D eigenvalue weighted by Gasteiger charge is -2.28. The molecule has 0 aliphatic carbocycles. The maximum Gasteiger partial charge on any atom is 0.389 e. The summed E-state index contributed by atoms with van der Waals surface area (Å²) in [7, 11) is 3.77. The molecule has 0 aromatic heterocycles. The molecule has 1 aromatic rings. The summed E-state index contributed by atoms with van der Waals surface area (Å²) in [5, 5.41) is 0. The van der Waals surface area contributed by atoms with Gasteiger partial charge in [0.2, 0.25) is 0 Å². The zero-order chi connectivity index (χ0) is 23.8. The maximum atomic E-state index is 12.6. The fourth-order valence-electron chi connectivity index (χ4n) is 2.99. The van der Waals surface area contributed by atoms with E-state index in [0.717, 1.165) is 25.4 Å². The Balaban J connectivity index is 3.66. The van der Waals surface area contributed by atoms with E-state index in [0.29, 0.717) is 0 Å². The molecule has 0 bridgehead atoms. The predicted molar refractivity (Wildman–Crippen MR) is 113 cm³/mol. The van der Waals surface area contributed by atoms with Gasteiger partial charge >= 0.3 is 18.1 Å². The average Bonchev–Trinajstić information content (AvgIpc) is 2.68. The highest BCUT2D eigenvalue weighted by atomic mass is 19.4. The number of carbonyl (C=O) groups excluding carboxylic acids is 2. The van der Waals surface area contributed by atoms with E-state index in [1.807, 2.05) is 51.1 Å². The van der Waals surface area contributed by atoms with E-state index in [-0.39, 0.29) is 24.2 Å². The normalized spacial score (nSPS) is 12.2. The van der Waals surface area contributed by atoms with Gasteiger partial charge in [0, 0.05) is 20.0 Å². The highest BCUT2D eigenvalue weighted by Gasteiger charge is 2.30. The third-order valence-electron chi connectivity index (χ3n) is 4.57. The van der Waals surface area contributed by atoms with Gasteiger partial charge in [-0.3, -0.25) is 0 Å². The van der Waals surface area contributed by atoms with Gasteiger partial charge in [-0.1, -0.05) is 51.1 Å². The topological polar surface area (TPSA) is 55.8 Å². The lowest BCUT2D eigenvalue weighted by Crippen LogP contribution is -2.28. The summed E-state index contributed by atoms with van der Waals surface area (Å²) in [5.41, 5.74) is 0.990. The SMILES string of the molecule is COC(=O)C(C(=O)OC)=C(/C=C(\c1ccccc1)C(C)(C)C)N(C)CCCC(F)(F)F. The van der Waals surface area contributed by atoms with Crippen molar-refractivity contribution >= 4 is 17.5 Å². The van der Waals surface area contributed by atoms with E-state index in [9.17, 15) is 22.8 Å². The van der Waals surface area contributed by atoms with Crippen LogP contribution in [0.15, 0.2) is 47.7 Å². The Hall–Kier alpha value is -2.77. The number of alkyl halides is 3. The Kier molecular flexibility index (Phi) is 9.34. The van der Waals surface area contributed by atoms with Crippen molar-refractivity contribution in [3.8, 4) is 0 Å². The van der Waals surface area contributed by atoms with Crippen LogP contribution in [0.1, 0.15) is 39.2 Å². The van der Waals surface area contributed by atoms with Gasteiger partial charge in [-0.2, -0.15) is 13.2 Å². The first kappa shape index (κ1) is 26.3. The van der Waals surface area contributed by atoms with Crippen LogP contribution in [0.25, 0.3) is 5.57 Å². The molecule has 0 aliphatic heterocycles. The van der Waals surface area contributed by atoms with Crippen molar-refractivity contribution in [3.05, 3.63) is 53.2 Å². The fourth-order valence-corrected chi connectivity index (χ4v) is 2.99. The van der Waals surface area contributed by atoms with Crippen LogP contribution in [0.5, 0.6) is 0 Å². The number of benzene rings is 1. The van der Waals surface area contributed by atoms with E-state index in [1.54, 1.807) is 6.08 Å². The molecule has 0 N–H and O–H groups in total. The van der Waals surface area contributed by atoms with Gasteiger partial charge in [-0.05, 0) is 29.0 Å². The van der Waals surface area contributed by atoms with Crippen molar-refractivity contribution in [3.63, 3.8) is 0 Å². The Morgan fingerprint density at radius 2 is 1.52 bits per heavy atom. The fraction of sp³-hybridized carbons (Fsp3) is 0.478. The van der Waals surface area contributed by atoms with Crippen LogP contribution in [-0.2, 0) is 19.1 Å². The van der Waals surface area contributed by atoms with E-state index < -0.39 is 30.0 Å². The number of halogens is 3. The summed E-state index contributed by atoms with van der Waals surface area (Å²) in [5.74, 6) is -1.86. The van der Waals surface area contributed by atoms with Gasteiger partial charge in [0.15, 0.2) is 5.57 Å². The van der Waals surface area contributed by atoms with Gasteiger partial charge in [0.25, 0.3) is 0 Å². The molecule has 0 saturated heterocycles. The van der Waals surface area contributed by atoms with Crippen LogP contribution in [0.3, 0.4) is 0 Å². The minimum absolute atomic E-state index is 0.0327. The molecule has 0 fully saturated rings. The highest BCUT2D eigenvalue weighted by molar-refractivity contribution is 6.15. The van der Waals surface area contributed by atoms with Crippen LogP contribution < -0.4 is 0 Å². The number of nitrogens with zero attached hydrogens (tertiary/aromatic N) is 1. The van der Waals surface area contributed by atoms with E-state index >= 15 is 0 Å². The number of allylic oxidation sites excluding steroid dienone is 2. The first-order valence-electron chi connectivity index (χ1n) is 9.78. The smallest absolute Gasteiger partial charge is 0.389 e. The van der Waals surface area contributed by atoms with Gasteiger partial charge < -0.3 is 14.4 Å². The maximum absolute atomic E-state index is 12.6. The number of methoxy groups -OCH3 is 2. The Bertz CT molecular complexity index is 803. The molecule has 8 heteroatoms. The van der Waals surface area contributed by atoms with Crippen molar-refractivity contribution in [2.45, 2.75) is 39.8 Å². The minimum Gasteiger partial charge on any atom is -0.465 e. The van der Waals surface area contributed by atoms with Crippen molar-refractivity contribution in [1.82, 2.24) is 4.90 Å². The highest BCUT2D eigenvalue weighted by Crippen LogP contribution is 2.36. The summed E-state index contributed by atoms with van der Waals surface area (Å²) < 4.78 is 47.4. The second kappa shape index (κ2) is 11.0. The molecular weight excluding hydrogens is 411 g/mol. The molecule has 0 spiro atoms. The zero-order valence-corrected chi connectivity index (χ0v) is 18.8. The van der Waals surface area contributed by atoms with Crippen LogP contribution in [0, 0.1) is 5.41 Å². The third-order valence-corrected chi connectivity index (χ3v) is 4.57. The van der Waals surface area contributed by atoms with E-state index in [4.69, 9.17) is 9.47 Å². The number of esters is 2. The molecular formula is C23H30F3NO4. The third kappa shape index (κ3) is 8.11. The van der Waals surface area contributed by atoms with Gasteiger partial charge in [0.1, 0.15) is 0 Å². The van der Waals surface area contributed by atoms with E-state index in [1.165, 1.54) is 11.9 Å². The monoisotopic (exact) mass is 441 g/mol. The van der Waals surface area contributed by atoms with Crippen molar-refractivity contribution in [2.75, 3.05) is 27.8 Å². The first-order valence-corrected chi connectivity index (χ1v) is 9.78. The largest absolute Gasteiger partial charge is 0.465 e. The molecule has 0 atom stereocenters. The van der Waals surface area contributed by atoms with Gasteiger partial charge in [-0.15, -0.1) is 0 Å². The quantitative estimate of drug-likeness (QED) is 0.187. The molecule has 0 aliphatic rings. The molecule has 1 aromatic carbocycles. The van der Waals surface area contributed by atoms with Crippen molar-refractivity contribution in [1.29, 1.82) is 0 Å². The standard InChI is InChI=1S/C23H30F3NO4/c1-22(2,3)17(16-11-8-7-9-12-16)15-18(19(20(28)30-5)21(29)31-6)27(4)14-10-13-23(24,25)26/h7-9,11-12,15H,10,13-14H2,1-6H3/b17-15+. The second-order valence-corrected chi connectivity index (χ2v) is 8.06. The predicted octanol–water partition coefficient (Wildman–Crippen LogP) is 4.99. The number of hydrogen-bond acceptors (Lipinski definition) is 5. The zero-order valence-electron chi connectivity index (χ0n) is 18.8. The second-order valence-electron chi connectivity index (χ2n) is 8.06. The molecule has 0 heterocycles. The Morgan fingerprint density at radius 1 is 1.00 bits per heavy atom. The summed E-state index contributed by atoms with van der Waals surface area (Å²) in [4.78, 5) is 26.3. The van der Waals surface area contributed by atoms with Gasteiger partial charge in [0.05, 0.1) is 19.9 Å². The molecule has 0 radical (unpaired) electrons. The first-order chi connectivity index (χ1) is 14.3. The molecule has 0 saturated carbocycles. The number of hydrogen-bond donors (Lipinski definition) is 0.